The van der Waals surface area contributed by atoms with Gasteiger partial charge in [0.25, 0.3) is 0 Å². The summed E-state index contributed by atoms with van der Waals surface area (Å²) in [6.07, 6.45) is 1.68. The maximum absolute atomic E-state index is 11.7. The number of aromatic carboxylic acids is 1. The van der Waals surface area contributed by atoms with Gasteiger partial charge in [-0.15, -0.1) is 0 Å². The predicted octanol–water partition coefficient (Wildman–Crippen LogP) is 5.15. The number of nitrogens with one attached hydrogen (secondary N) is 2. The van der Waals surface area contributed by atoms with Crippen LogP contribution in [-0.4, -0.2) is 16.1 Å². The smallest absolute Gasteiger partial charge is 0.336 e. The zero-order valence-electron chi connectivity index (χ0n) is 16.2. The van der Waals surface area contributed by atoms with Crippen molar-refractivity contribution in [2.75, 3.05) is 16.4 Å². The third-order valence-corrected chi connectivity index (χ3v) is 4.31. The van der Waals surface area contributed by atoms with E-state index in [1.54, 1.807) is 30.5 Å². The van der Waals surface area contributed by atoms with Crippen molar-refractivity contribution in [1.29, 1.82) is 0 Å². The van der Waals surface area contributed by atoms with Gasteiger partial charge in [0.15, 0.2) is 5.82 Å². The van der Waals surface area contributed by atoms with Crippen molar-refractivity contribution in [1.82, 2.24) is 4.98 Å². The highest BCUT2D eigenvalue weighted by molar-refractivity contribution is 5.92. The van der Waals surface area contributed by atoms with E-state index in [-0.39, 0.29) is 5.41 Å². The van der Waals surface area contributed by atoms with Gasteiger partial charge in [-0.3, -0.25) is 0 Å². The lowest BCUT2D eigenvalue weighted by molar-refractivity contribution is 0.0694. The van der Waals surface area contributed by atoms with Crippen molar-refractivity contribution in [2.45, 2.75) is 26.2 Å². The Balaban J connectivity index is 1.86. The molecule has 2 aromatic carbocycles. The second-order valence-electron chi connectivity index (χ2n) is 7.55. The Morgan fingerprint density at radius 2 is 1.61 bits per heavy atom. The number of rotatable bonds is 5. The van der Waals surface area contributed by atoms with Crippen LogP contribution in [-0.2, 0) is 5.41 Å². The number of nitrogens with two attached hydrogens (primary N) is 1. The van der Waals surface area contributed by atoms with Crippen LogP contribution in [0.3, 0.4) is 0 Å². The molecule has 28 heavy (non-hydrogen) atoms. The van der Waals surface area contributed by atoms with E-state index in [1.165, 1.54) is 0 Å². The summed E-state index contributed by atoms with van der Waals surface area (Å²) in [6, 6.07) is 16.5. The molecule has 0 atom stereocenters. The molecule has 0 unspecified atom stereocenters. The first-order valence-electron chi connectivity index (χ1n) is 8.97. The first-order chi connectivity index (χ1) is 13.3. The van der Waals surface area contributed by atoms with Crippen molar-refractivity contribution >= 4 is 34.5 Å². The van der Waals surface area contributed by atoms with Gasteiger partial charge in [0.05, 0.1) is 11.3 Å². The Morgan fingerprint density at radius 1 is 0.964 bits per heavy atom. The Kier molecular flexibility index (Phi) is 5.22. The Hall–Kier alpha value is -3.54. The standard InChI is InChI=1S/C22H24N4O2/c1-22(2,3)19-16(21(27)28)6-4-8-18(19)25-14-9-11-15(12-10-14)26-20-17(23)7-5-13-24-20/h4-13,25H,23H2,1-3H3,(H,24,26)(H,27,28). The number of hydrogen-bond acceptors (Lipinski definition) is 5. The van der Waals surface area contributed by atoms with Gasteiger partial charge in [-0.2, -0.15) is 0 Å². The minimum absolute atomic E-state index is 0.307. The highest BCUT2D eigenvalue weighted by atomic mass is 16.4. The van der Waals surface area contributed by atoms with E-state index in [0.717, 1.165) is 22.6 Å². The molecular formula is C22H24N4O2. The molecule has 0 aliphatic rings. The topological polar surface area (TPSA) is 100 Å². The van der Waals surface area contributed by atoms with Crippen molar-refractivity contribution in [3.63, 3.8) is 0 Å². The van der Waals surface area contributed by atoms with E-state index < -0.39 is 5.97 Å². The summed E-state index contributed by atoms with van der Waals surface area (Å²) in [5, 5.41) is 16.1. The summed E-state index contributed by atoms with van der Waals surface area (Å²) >= 11 is 0. The SMILES string of the molecule is CC(C)(C)c1c(Nc2ccc(Nc3ncccc3N)cc2)cccc1C(=O)O. The molecule has 6 heteroatoms. The molecular weight excluding hydrogens is 352 g/mol. The zero-order valence-corrected chi connectivity index (χ0v) is 16.2. The number of pyridine rings is 1. The van der Waals surface area contributed by atoms with Gasteiger partial charge in [-0.05, 0) is 59.5 Å². The summed E-state index contributed by atoms with van der Waals surface area (Å²) < 4.78 is 0. The number of nitrogens with zero attached hydrogens (tertiary/aromatic N) is 1. The van der Waals surface area contributed by atoms with Gasteiger partial charge in [0.1, 0.15) is 0 Å². The number of carbonyl (C=O) groups is 1. The second kappa shape index (κ2) is 7.60. The molecule has 5 N–H and O–H groups in total. The second-order valence-corrected chi connectivity index (χ2v) is 7.55. The fraction of sp³-hybridized carbons (Fsp3) is 0.182. The number of carboxylic acid groups (broad SMARTS) is 1. The molecule has 0 aliphatic heterocycles. The van der Waals surface area contributed by atoms with Gasteiger partial charge < -0.3 is 21.5 Å². The number of benzene rings is 2. The van der Waals surface area contributed by atoms with Crippen LogP contribution in [0.4, 0.5) is 28.6 Å². The lowest BCUT2D eigenvalue weighted by Crippen LogP contribution is -2.19. The molecule has 3 rings (SSSR count). The molecule has 3 aromatic rings. The van der Waals surface area contributed by atoms with Crippen LogP contribution in [0.15, 0.2) is 60.8 Å². The number of aromatic nitrogens is 1. The fourth-order valence-electron chi connectivity index (χ4n) is 3.09. The monoisotopic (exact) mass is 376 g/mol. The van der Waals surface area contributed by atoms with Crippen LogP contribution < -0.4 is 16.4 Å². The normalized spacial score (nSPS) is 11.1. The molecule has 6 nitrogen and oxygen atoms in total. The molecule has 0 spiro atoms. The highest BCUT2D eigenvalue weighted by Crippen LogP contribution is 2.35. The highest BCUT2D eigenvalue weighted by Gasteiger charge is 2.25. The minimum Gasteiger partial charge on any atom is -0.478 e. The minimum atomic E-state index is -0.930. The molecule has 144 valence electrons. The number of carboxylic acids is 1. The van der Waals surface area contributed by atoms with Crippen LogP contribution in [0.2, 0.25) is 0 Å². The Bertz CT molecular complexity index is 992. The third-order valence-electron chi connectivity index (χ3n) is 4.31. The number of anilines is 5. The van der Waals surface area contributed by atoms with Crippen LogP contribution in [0.5, 0.6) is 0 Å². The largest absolute Gasteiger partial charge is 0.478 e. The van der Waals surface area contributed by atoms with Gasteiger partial charge in [-0.1, -0.05) is 26.8 Å². The summed E-state index contributed by atoms with van der Waals surface area (Å²) in [5.41, 5.74) is 9.72. The van der Waals surface area contributed by atoms with E-state index in [4.69, 9.17) is 5.73 Å². The Labute approximate surface area is 164 Å². The van der Waals surface area contributed by atoms with Crippen LogP contribution in [0.25, 0.3) is 0 Å². The van der Waals surface area contributed by atoms with Crippen molar-refractivity contribution in [3.05, 3.63) is 71.9 Å². The molecule has 1 aromatic heterocycles. The van der Waals surface area contributed by atoms with E-state index in [9.17, 15) is 9.90 Å². The summed E-state index contributed by atoms with van der Waals surface area (Å²) in [4.78, 5) is 15.9. The lowest BCUT2D eigenvalue weighted by Gasteiger charge is -2.25. The van der Waals surface area contributed by atoms with E-state index in [0.29, 0.717) is 17.1 Å². The molecule has 1 heterocycles. The number of nitrogen functional groups attached to an aromatic ring is 1. The van der Waals surface area contributed by atoms with E-state index in [2.05, 4.69) is 15.6 Å². The fourth-order valence-corrected chi connectivity index (χ4v) is 3.09. The Morgan fingerprint density at radius 3 is 2.18 bits per heavy atom. The first-order valence-corrected chi connectivity index (χ1v) is 8.97. The zero-order chi connectivity index (χ0) is 20.3. The maximum atomic E-state index is 11.7. The molecule has 0 bridgehead atoms. The maximum Gasteiger partial charge on any atom is 0.336 e. The first kappa shape index (κ1) is 19.2. The number of hydrogen-bond donors (Lipinski definition) is 4. The van der Waals surface area contributed by atoms with Crippen molar-refractivity contribution in [2.24, 2.45) is 0 Å². The van der Waals surface area contributed by atoms with Crippen LogP contribution >= 0.6 is 0 Å². The quantitative estimate of drug-likeness (QED) is 0.491. The lowest BCUT2D eigenvalue weighted by atomic mass is 9.82. The summed E-state index contributed by atoms with van der Waals surface area (Å²) in [7, 11) is 0. The molecule has 0 fully saturated rings. The van der Waals surface area contributed by atoms with Gasteiger partial charge in [0, 0.05) is 23.3 Å². The van der Waals surface area contributed by atoms with Gasteiger partial charge >= 0.3 is 5.97 Å². The van der Waals surface area contributed by atoms with E-state index in [1.807, 2.05) is 51.1 Å². The predicted molar refractivity (Wildman–Crippen MR) is 114 cm³/mol. The van der Waals surface area contributed by atoms with Crippen molar-refractivity contribution in [3.8, 4) is 0 Å². The molecule has 0 amide bonds. The molecule has 0 aliphatic carbocycles. The third kappa shape index (κ3) is 4.23. The molecule has 0 radical (unpaired) electrons. The van der Waals surface area contributed by atoms with Crippen LogP contribution in [0.1, 0.15) is 36.7 Å². The average Bonchev–Trinajstić information content (AvgIpc) is 2.64. The van der Waals surface area contributed by atoms with Gasteiger partial charge in [0.2, 0.25) is 0 Å². The van der Waals surface area contributed by atoms with Crippen molar-refractivity contribution < 1.29 is 9.90 Å². The molecule has 0 saturated heterocycles. The summed E-state index contributed by atoms with van der Waals surface area (Å²) in [5.74, 6) is -0.325. The summed E-state index contributed by atoms with van der Waals surface area (Å²) in [6.45, 7) is 6.01. The molecule has 0 saturated carbocycles. The van der Waals surface area contributed by atoms with Crippen LogP contribution in [0, 0.1) is 0 Å². The van der Waals surface area contributed by atoms with Gasteiger partial charge in [-0.25, -0.2) is 9.78 Å². The van der Waals surface area contributed by atoms with E-state index >= 15 is 0 Å². The average molecular weight is 376 g/mol.